The van der Waals surface area contributed by atoms with Crippen molar-refractivity contribution in [1.82, 2.24) is 19.9 Å². The molecular formula is C22H22N6OS. The summed E-state index contributed by atoms with van der Waals surface area (Å²) in [6.07, 6.45) is 1.94. The van der Waals surface area contributed by atoms with Crippen molar-refractivity contribution in [3.63, 3.8) is 0 Å². The molecular weight excluding hydrogens is 396 g/mol. The third-order valence-corrected chi connectivity index (χ3v) is 6.36. The molecule has 152 valence electrons. The van der Waals surface area contributed by atoms with Crippen LogP contribution in [0.4, 0.5) is 11.1 Å². The van der Waals surface area contributed by atoms with Gasteiger partial charge in [0, 0.05) is 30.9 Å². The predicted molar refractivity (Wildman–Crippen MR) is 120 cm³/mol. The van der Waals surface area contributed by atoms with Crippen molar-refractivity contribution < 1.29 is 4.79 Å². The van der Waals surface area contributed by atoms with Gasteiger partial charge in [-0.1, -0.05) is 36.4 Å². The third-order valence-electron chi connectivity index (χ3n) is 5.37. The fourth-order valence-electron chi connectivity index (χ4n) is 3.82. The van der Waals surface area contributed by atoms with E-state index in [-0.39, 0.29) is 5.91 Å². The zero-order valence-electron chi connectivity index (χ0n) is 16.4. The first kappa shape index (κ1) is 18.8. The van der Waals surface area contributed by atoms with E-state index in [1.807, 2.05) is 18.2 Å². The molecule has 0 saturated heterocycles. The van der Waals surface area contributed by atoms with Gasteiger partial charge in [-0.25, -0.2) is 9.97 Å². The molecule has 0 atom stereocenters. The minimum Gasteiger partial charge on any atom is -0.369 e. The monoisotopic (exact) mass is 418 g/mol. The molecule has 1 amide bonds. The maximum atomic E-state index is 12.8. The van der Waals surface area contributed by atoms with Gasteiger partial charge in [-0.15, -0.1) is 11.3 Å². The second-order valence-electron chi connectivity index (χ2n) is 7.43. The Balaban J connectivity index is 1.26. The number of hydrogen-bond donors (Lipinski definition) is 3. The summed E-state index contributed by atoms with van der Waals surface area (Å²) in [5.41, 5.74) is 9.98. The Kier molecular flexibility index (Phi) is 4.94. The van der Waals surface area contributed by atoms with Crippen molar-refractivity contribution >= 4 is 39.4 Å². The topological polar surface area (TPSA) is 99.9 Å². The molecule has 3 heterocycles. The lowest BCUT2D eigenvalue weighted by Gasteiger charge is -2.25. The number of imidazole rings is 1. The molecule has 0 fully saturated rings. The second-order valence-corrected chi connectivity index (χ2v) is 8.51. The molecule has 1 aliphatic heterocycles. The van der Waals surface area contributed by atoms with Crippen LogP contribution in [0.2, 0.25) is 0 Å². The molecule has 0 radical (unpaired) electrons. The largest absolute Gasteiger partial charge is 0.369 e. The van der Waals surface area contributed by atoms with Crippen LogP contribution >= 0.6 is 11.3 Å². The number of benzene rings is 2. The number of rotatable bonds is 5. The van der Waals surface area contributed by atoms with Gasteiger partial charge in [-0.3, -0.25) is 15.0 Å². The van der Waals surface area contributed by atoms with E-state index in [0.717, 1.165) is 43.7 Å². The van der Waals surface area contributed by atoms with Crippen LogP contribution in [-0.2, 0) is 19.4 Å². The Hall–Kier alpha value is -3.23. The number of carbonyl (C=O) groups excluding carboxylic acids is 1. The van der Waals surface area contributed by atoms with Crippen LogP contribution in [0.3, 0.4) is 0 Å². The molecule has 30 heavy (non-hydrogen) atoms. The highest BCUT2D eigenvalue weighted by Gasteiger charge is 2.22. The number of nitrogen functional groups attached to an aromatic ring is 1. The number of thiazole rings is 1. The number of fused-ring (bicyclic) bond motifs is 2. The standard InChI is InChI=1S/C22H22N6OS/c23-21-24-17-8-4-7-15(19(17)26-21)20(29)27-22-25-16-10-12-28(13-18(16)30-22)11-9-14-5-2-1-3-6-14/h1-8H,9-13H2,(H3,23,24,26)(H,25,27,29). The smallest absolute Gasteiger partial charge is 0.259 e. The highest BCUT2D eigenvalue weighted by Crippen LogP contribution is 2.29. The highest BCUT2D eigenvalue weighted by atomic mass is 32.1. The molecule has 0 bridgehead atoms. The van der Waals surface area contributed by atoms with Crippen LogP contribution in [0.5, 0.6) is 0 Å². The van der Waals surface area contributed by atoms with Crippen LogP contribution < -0.4 is 11.1 Å². The van der Waals surface area contributed by atoms with Crippen LogP contribution in [0.1, 0.15) is 26.5 Å². The van der Waals surface area contributed by atoms with E-state index < -0.39 is 0 Å². The summed E-state index contributed by atoms with van der Waals surface area (Å²) in [4.78, 5) is 28.4. The van der Waals surface area contributed by atoms with Crippen LogP contribution in [0.15, 0.2) is 48.5 Å². The molecule has 0 saturated carbocycles. The summed E-state index contributed by atoms with van der Waals surface area (Å²) >= 11 is 1.56. The lowest BCUT2D eigenvalue weighted by atomic mass is 10.1. The average molecular weight is 419 g/mol. The fourth-order valence-corrected chi connectivity index (χ4v) is 4.87. The molecule has 2 aromatic heterocycles. The fraction of sp³-hybridized carbons (Fsp3) is 0.227. The van der Waals surface area contributed by atoms with Crippen molar-refractivity contribution in [2.45, 2.75) is 19.4 Å². The number of anilines is 2. The van der Waals surface area contributed by atoms with Gasteiger partial charge in [0.15, 0.2) is 11.1 Å². The number of nitrogens with two attached hydrogens (primary N) is 1. The summed E-state index contributed by atoms with van der Waals surface area (Å²) in [5, 5.41) is 3.58. The second kappa shape index (κ2) is 7.89. The lowest BCUT2D eigenvalue weighted by molar-refractivity contribution is 0.102. The van der Waals surface area contributed by atoms with Gasteiger partial charge in [0.25, 0.3) is 5.91 Å². The van der Waals surface area contributed by atoms with E-state index in [1.54, 1.807) is 17.4 Å². The van der Waals surface area contributed by atoms with Gasteiger partial charge in [0.1, 0.15) is 5.52 Å². The molecule has 0 unspecified atom stereocenters. The lowest BCUT2D eigenvalue weighted by Crippen LogP contribution is -2.31. The van der Waals surface area contributed by atoms with Crippen LogP contribution in [-0.4, -0.2) is 38.8 Å². The number of nitrogens with one attached hydrogen (secondary N) is 2. The van der Waals surface area contributed by atoms with Crippen LogP contribution in [0.25, 0.3) is 11.0 Å². The number of carbonyl (C=O) groups is 1. The number of amides is 1. The Morgan fingerprint density at radius 3 is 2.90 bits per heavy atom. The van der Waals surface area contributed by atoms with Crippen LogP contribution in [0, 0.1) is 0 Å². The van der Waals surface area contributed by atoms with Gasteiger partial charge in [0.2, 0.25) is 0 Å². The normalized spacial score (nSPS) is 14.0. The quantitative estimate of drug-likeness (QED) is 0.461. The number of para-hydroxylation sites is 1. The number of aromatic amines is 1. The average Bonchev–Trinajstić information content (AvgIpc) is 3.33. The SMILES string of the molecule is Nc1nc2c(C(=O)Nc3nc4c(s3)CN(CCc3ccccc3)CC4)cccc2[nH]1. The molecule has 1 aliphatic rings. The van der Waals surface area contributed by atoms with Gasteiger partial charge in [-0.2, -0.15) is 0 Å². The maximum absolute atomic E-state index is 12.8. The van der Waals surface area contributed by atoms with Crippen molar-refractivity contribution in [2.75, 3.05) is 24.1 Å². The molecule has 8 heteroatoms. The summed E-state index contributed by atoms with van der Waals surface area (Å²) < 4.78 is 0. The van der Waals surface area contributed by atoms with Gasteiger partial charge < -0.3 is 10.7 Å². The number of hydrogen-bond acceptors (Lipinski definition) is 6. The zero-order chi connectivity index (χ0) is 20.5. The van der Waals surface area contributed by atoms with Gasteiger partial charge in [0.05, 0.1) is 16.8 Å². The van der Waals surface area contributed by atoms with Gasteiger partial charge in [-0.05, 0) is 24.1 Å². The first-order valence-electron chi connectivity index (χ1n) is 9.96. The van der Waals surface area contributed by atoms with E-state index in [9.17, 15) is 4.79 Å². The van der Waals surface area contributed by atoms with Crippen molar-refractivity contribution in [3.05, 3.63) is 70.2 Å². The summed E-state index contributed by atoms with van der Waals surface area (Å²) in [6.45, 7) is 2.88. The molecule has 5 rings (SSSR count). The Labute approximate surface area is 178 Å². The Morgan fingerprint density at radius 1 is 1.17 bits per heavy atom. The summed E-state index contributed by atoms with van der Waals surface area (Å²) in [5.74, 6) is 0.0738. The number of aromatic nitrogens is 3. The molecule has 4 N–H and O–H groups in total. The Morgan fingerprint density at radius 2 is 2.03 bits per heavy atom. The third kappa shape index (κ3) is 3.79. The minimum atomic E-state index is -0.223. The van der Waals surface area contributed by atoms with Gasteiger partial charge >= 0.3 is 0 Å². The molecule has 0 spiro atoms. The predicted octanol–water partition coefficient (Wildman–Crippen LogP) is 3.45. The van der Waals surface area contributed by atoms with Crippen molar-refractivity contribution in [2.24, 2.45) is 0 Å². The van der Waals surface area contributed by atoms with E-state index in [1.165, 1.54) is 10.4 Å². The van der Waals surface area contributed by atoms with E-state index >= 15 is 0 Å². The summed E-state index contributed by atoms with van der Waals surface area (Å²) in [7, 11) is 0. The molecule has 2 aromatic carbocycles. The van der Waals surface area contributed by atoms with E-state index in [2.05, 4.69) is 49.4 Å². The zero-order valence-corrected chi connectivity index (χ0v) is 17.2. The molecule has 4 aromatic rings. The number of H-pyrrole nitrogens is 1. The highest BCUT2D eigenvalue weighted by molar-refractivity contribution is 7.15. The first-order valence-corrected chi connectivity index (χ1v) is 10.8. The first-order chi connectivity index (χ1) is 14.7. The molecule has 7 nitrogen and oxygen atoms in total. The Bertz CT molecular complexity index is 1200. The van der Waals surface area contributed by atoms with E-state index in [4.69, 9.17) is 5.73 Å². The maximum Gasteiger partial charge on any atom is 0.259 e. The minimum absolute atomic E-state index is 0.223. The van der Waals surface area contributed by atoms with Crippen molar-refractivity contribution in [1.29, 1.82) is 0 Å². The van der Waals surface area contributed by atoms with Crippen molar-refractivity contribution in [3.8, 4) is 0 Å². The summed E-state index contributed by atoms with van der Waals surface area (Å²) in [6, 6.07) is 16.0. The molecule has 0 aliphatic carbocycles. The van der Waals surface area contributed by atoms with E-state index in [0.29, 0.717) is 22.2 Å². The number of nitrogens with zero attached hydrogens (tertiary/aromatic N) is 3.